The van der Waals surface area contributed by atoms with Crippen LogP contribution in [0, 0.1) is 12.7 Å². The summed E-state index contributed by atoms with van der Waals surface area (Å²) in [5.41, 5.74) is 2.77. The third-order valence-corrected chi connectivity index (χ3v) is 5.63. The average molecular weight is 474 g/mol. The summed E-state index contributed by atoms with van der Waals surface area (Å²) in [5, 5.41) is 10.8. The highest BCUT2D eigenvalue weighted by Gasteiger charge is 2.43. The SMILES string of the molecule is Cc1ccc(-c2noc([C@@H]3C[C@@H]3F)n2)cc1NC(=O)c1cnn2cc(F)c(Br)cc12. The van der Waals surface area contributed by atoms with Gasteiger partial charge in [-0.1, -0.05) is 17.3 Å². The normalized spacial score (nSPS) is 18.0. The lowest BCUT2D eigenvalue weighted by Crippen LogP contribution is -2.12. The van der Waals surface area contributed by atoms with E-state index in [1.165, 1.54) is 23.0 Å². The molecule has 2 atom stereocenters. The number of amides is 1. The second kappa shape index (κ2) is 6.98. The average Bonchev–Trinajstić information content (AvgIpc) is 3.10. The summed E-state index contributed by atoms with van der Waals surface area (Å²) >= 11 is 3.12. The molecule has 30 heavy (non-hydrogen) atoms. The molecule has 10 heteroatoms. The summed E-state index contributed by atoms with van der Waals surface area (Å²) in [7, 11) is 0. The molecule has 1 aliphatic rings. The first-order valence-electron chi connectivity index (χ1n) is 9.13. The number of nitrogens with one attached hydrogen (secondary N) is 1. The number of anilines is 1. The van der Waals surface area contributed by atoms with Crippen LogP contribution in [-0.2, 0) is 0 Å². The Morgan fingerprint density at radius 3 is 2.93 bits per heavy atom. The molecule has 0 unspecified atom stereocenters. The second-order valence-corrected chi connectivity index (χ2v) is 8.01. The number of halogens is 3. The molecule has 1 amide bonds. The minimum Gasteiger partial charge on any atom is -0.339 e. The van der Waals surface area contributed by atoms with E-state index in [2.05, 4.69) is 36.5 Å². The summed E-state index contributed by atoms with van der Waals surface area (Å²) in [5.74, 6) is -0.583. The van der Waals surface area contributed by atoms with Gasteiger partial charge in [-0.25, -0.2) is 13.3 Å². The van der Waals surface area contributed by atoms with Gasteiger partial charge in [0.2, 0.25) is 11.7 Å². The molecule has 0 saturated heterocycles. The van der Waals surface area contributed by atoms with E-state index < -0.39 is 17.9 Å². The van der Waals surface area contributed by atoms with Crippen LogP contribution in [0.5, 0.6) is 0 Å². The van der Waals surface area contributed by atoms with Crippen molar-refractivity contribution < 1.29 is 18.1 Å². The first-order chi connectivity index (χ1) is 14.4. The van der Waals surface area contributed by atoms with Crippen LogP contribution in [0.2, 0.25) is 0 Å². The van der Waals surface area contributed by atoms with E-state index in [4.69, 9.17) is 4.52 Å². The van der Waals surface area contributed by atoms with Crippen molar-refractivity contribution in [2.45, 2.75) is 25.4 Å². The Kier molecular flexibility index (Phi) is 4.39. The van der Waals surface area contributed by atoms with Gasteiger partial charge in [-0.15, -0.1) is 0 Å². The molecule has 152 valence electrons. The molecule has 3 heterocycles. The fraction of sp³-hybridized carbons (Fsp3) is 0.200. The zero-order valence-electron chi connectivity index (χ0n) is 15.6. The monoisotopic (exact) mass is 473 g/mol. The fourth-order valence-electron chi connectivity index (χ4n) is 3.16. The second-order valence-electron chi connectivity index (χ2n) is 7.16. The first-order valence-corrected chi connectivity index (χ1v) is 9.92. The van der Waals surface area contributed by atoms with Crippen LogP contribution >= 0.6 is 15.9 Å². The molecule has 7 nitrogen and oxygen atoms in total. The lowest BCUT2D eigenvalue weighted by Gasteiger charge is -2.09. The zero-order valence-corrected chi connectivity index (χ0v) is 17.2. The number of hydrogen-bond donors (Lipinski definition) is 1. The van der Waals surface area contributed by atoms with E-state index in [9.17, 15) is 13.6 Å². The molecular weight excluding hydrogens is 460 g/mol. The minimum absolute atomic E-state index is 0.238. The van der Waals surface area contributed by atoms with Gasteiger partial charge in [0.1, 0.15) is 6.17 Å². The number of alkyl halides is 1. The van der Waals surface area contributed by atoms with Crippen LogP contribution in [-0.4, -0.2) is 31.8 Å². The first kappa shape index (κ1) is 18.9. The molecule has 0 aliphatic heterocycles. The van der Waals surface area contributed by atoms with E-state index in [0.717, 1.165) is 5.56 Å². The van der Waals surface area contributed by atoms with E-state index in [1.807, 2.05) is 13.0 Å². The molecule has 0 bridgehead atoms. The third kappa shape index (κ3) is 3.26. The highest BCUT2D eigenvalue weighted by molar-refractivity contribution is 9.10. The van der Waals surface area contributed by atoms with Gasteiger partial charge in [0, 0.05) is 11.3 Å². The molecule has 0 spiro atoms. The molecular formula is C20H14BrF2N5O2. The number of rotatable bonds is 4. The van der Waals surface area contributed by atoms with Crippen molar-refractivity contribution in [3.8, 4) is 11.4 Å². The van der Waals surface area contributed by atoms with Crippen molar-refractivity contribution in [3.63, 3.8) is 0 Å². The van der Waals surface area contributed by atoms with Crippen LogP contribution in [0.25, 0.3) is 16.9 Å². The number of fused-ring (bicyclic) bond motifs is 1. The maximum absolute atomic E-state index is 13.7. The standard InChI is InChI=1S/C20H14BrF2N5O2/c1-9-2-3-10(18-26-20(30-27-18)11-5-14(11)22)4-16(9)25-19(29)12-7-24-28-8-15(23)13(21)6-17(12)28/h2-4,6-8,11,14H,5H2,1H3,(H,25,29)/t11-,14+/m1/s1. The molecule has 1 aliphatic carbocycles. The zero-order chi connectivity index (χ0) is 21.0. The smallest absolute Gasteiger partial charge is 0.259 e. The van der Waals surface area contributed by atoms with Gasteiger partial charge in [-0.3, -0.25) is 4.79 Å². The molecule has 1 N–H and O–H groups in total. The summed E-state index contributed by atoms with van der Waals surface area (Å²) in [6, 6.07) is 6.84. The Morgan fingerprint density at radius 1 is 1.37 bits per heavy atom. The van der Waals surface area contributed by atoms with Gasteiger partial charge in [0.25, 0.3) is 5.91 Å². The number of carbonyl (C=O) groups is 1. The summed E-state index contributed by atoms with van der Waals surface area (Å²) in [4.78, 5) is 17.1. The van der Waals surface area contributed by atoms with Crippen molar-refractivity contribution in [1.29, 1.82) is 0 Å². The van der Waals surface area contributed by atoms with Crippen molar-refractivity contribution in [3.05, 3.63) is 64.0 Å². The van der Waals surface area contributed by atoms with Gasteiger partial charge < -0.3 is 9.84 Å². The Balaban J connectivity index is 1.43. The highest BCUT2D eigenvalue weighted by atomic mass is 79.9. The number of hydrogen-bond acceptors (Lipinski definition) is 5. The van der Waals surface area contributed by atoms with E-state index in [1.54, 1.807) is 12.1 Å². The highest BCUT2D eigenvalue weighted by Crippen LogP contribution is 2.43. The van der Waals surface area contributed by atoms with Gasteiger partial charge in [0.15, 0.2) is 5.82 Å². The Hall–Kier alpha value is -3.14. The molecule has 1 aromatic carbocycles. The molecule has 3 aromatic heterocycles. The van der Waals surface area contributed by atoms with Crippen molar-refractivity contribution in [2.24, 2.45) is 0 Å². The predicted molar refractivity (Wildman–Crippen MR) is 108 cm³/mol. The van der Waals surface area contributed by atoms with E-state index in [-0.39, 0.29) is 16.3 Å². The quantitative estimate of drug-likeness (QED) is 0.465. The Morgan fingerprint density at radius 2 is 2.17 bits per heavy atom. The van der Waals surface area contributed by atoms with Crippen LogP contribution in [0.15, 0.2) is 45.7 Å². The van der Waals surface area contributed by atoms with Gasteiger partial charge in [-0.05, 0) is 47.0 Å². The maximum atomic E-state index is 13.7. The number of aromatic nitrogens is 4. The molecule has 0 radical (unpaired) electrons. The Labute approximate surface area is 177 Å². The summed E-state index contributed by atoms with van der Waals surface area (Å²) in [6.45, 7) is 1.85. The molecule has 4 aromatic rings. The predicted octanol–water partition coefficient (Wildman–Crippen LogP) is 4.67. The minimum atomic E-state index is -0.925. The van der Waals surface area contributed by atoms with Crippen molar-refractivity contribution >= 4 is 33.0 Å². The van der Waals surface area contributed by atoms with Gasteiger partial charge in [-0.2, -0.15) is 10.1 Å². The fourth-order valence-corrected chi connectivity index (χ4v) is 3.48. The van der Waals surface area contributed by atoms with Gasteiger partial charge in [0.05, 0.1) is 33.9 Å². The largest absolute Gasteiger partial charge is 0.339 e. The molecule has 1 saturated carbocycles. The topological polar surface area (TPSA) is 85.3 Å². The summed E-state index contributed by atoms with van der Waals surface area (Å²) < 4.78 is 33.6. The molecule has 5 rings (SSSR count). The Bertz CT molecular complexity index is 1300. The van der Waals surface area contributed by atoms with E-state index in [0.29, 0.717) is 34.6 Å². The number of carbonyl (C=O) groups excluding carboxylic acids is 1. The van der Waals surface area contributed by atoms with Crippen LogP contribution in [0.4, 0.5) is 14.5 Å². The maximum Gasteiger partial charge on any atom is 0.259 e. The van der Waals surface area contributed by atoms with Crippen molar-refractivity contribution in [2.75, 3.05) is 5.32 Å². The lowest BCUT2D eigenvalue weighted by molar-refractivity contribution is 0.102. The van der Waals surface area contributed by atoms with Crippen LogP contribution in [0.3, 0.4) is 0 Å². The third-order valence-electron chi connectivity index (χ3n) is 5.02. The number of nitrogens with zero attached hydrogens (tertiary/aromatic N) is 4. The van der Waals surface area contributed by atoms with Crippen LogP contribution in [0.1, 0.15) is 34.2 Å². The molecule has 1 fully saturated rings. The van der Waals surface area contributed by atoms with Crippen LogP contribution < -0.4 is 5.32 Å². The number of pyridine rings is 1. The lowest BCUT2D eigenvalue weighted by atomic mass is 10.1. The van der Waals surface area contributed by atoms with Gasteiger partial charge >= 0.3 is 0 Å². The number of benzene rings is 1. The van der Waals surface area contributed by atoms with E-state index >= 15 is 0 Å². The summed E-state index contributed by atoms with van der Waals surface area (Å²) in [6.07, 6.45) is 2.05. The van der Waals surface area contributed by atoms with Crippen molar-refractivity contribution in [1.82, 2.24) is 19.8 Å². The number of aryl methyl sites for hydroxylation is 1.